The quantitative estimate of drug-likeness (QED) is 0.539. The molecular formula is C29H31FN6. The normalized spacial score (nSPS) is 19.8. The topological polar surface area (TPSA) is 70.8 Å². The number of H-pyrrole nitrogens is 1. The van der Waals surface area contributed by atoms with E-state index >= 15 is 4.39 Å². The van der Waals surface area contributed by atoms with E-state index in [-0.39, 0.29) is 5.82 Å². The van der Waals surface area contributed by atoms with Crippen LogP contribution in [0, 0.1) is 17.1 Å². The summed E-state index contributed by atoms with van der Waals surface area (Å²) in [6, 6.07) is 17.5. The number of aliphatic imine (C=N–C) groups is 2. The molecule has 1 unspecified atom stereocenters. The van der Waals surface area contributed by atoms with Gasteiger partial charge in [0.2, 0.25) is 0 Å². The average molecular weight is 483 g/mol. The van der Waals surface area contributed by atoms with Crippen molar-refractivity contribution in [1.29, 1.82) is 5.26 Å². The third-order valence-electron chi connectivity index (χ3n) is 7.09. The highest BCUT2D eigenvalue weighted by molar-refractivity contribution is 6.18. The summed E-state index contributed by atoms with van der Waals surface area (Å²) in [5, 5.41) is 9.17. The number of rotatable bonds is 4. The van der Waals surface area contributed by atoms with Crippen LogP contribution in [-0.4, -0.2) is 54.7 Å². The zero-order valence-electron chi connectivity index (χ0n) is 20.8. The van der Waals surface area contributed by atoms with Gasteiger partial charge in [-0.05, 0) is 49.2 Å². The van der Waals surface area contributed by atoms with E-state index in [2.05, 4.69) is 40.9 Å². The molecule has 5 rings (SSSR count). The number of hydrogen-bond donors (Lipinski definition) is 1. The molecule has 6 nitrogen and oxygen atoms in total. The number of nitrogens with zero attached hydrogens (tertiary/aromatic N) is 5. The number of nitrogens with one attached hydrogen (secondary N) is 1. The summed E-state index contributed by atoms with van der Waals surface area (Å²) in [5.41, 5.74) is 6.12. The summed E-state index contributed by atoms with van der Waals surface area (Å²) in [6.45, 7) is 5.69. The van der Waals surface area contributed by atoms with Crippen LogP contribution in [0.15, 0.2) is 64.7 Å². The highest BCUT2D eigenvalue weighted by Gasteiger charge is 2.22. The Bertz CT molecular complexity index is 1340. The minimum absolute atomic E-state index is 0.248. The van der Waals surface area contributed by atoms with Gasteiger partial charge < -0.3 is 14.8 Å². The molecule has 3 heterocycles. The standard InChI is InChI=1S/C29H31FN6/c1-20-6-9-27(33-23-7-8-26(25(30)19-23)36-16-14-35(2)15-17-36)34-29(24-11-13-32-28(20)24)22-5-3-4-21(18-22)10-12-31/h3-5,7-8,11,13,18-20,32H,6,9-10,14-17H2,1-2H3. The van der Waals surface area contributed by atoms with E-state index in [0.29, 0.717) is 36.0 Å². The van der Waals surface area contributed by atoms with Gasteiger partial charge in [-0.3, -0.25) is 0 Å². The summed E-state index contributed by atoms with van der Waals surface area (Å²) in [7, 11) is 2.09. The predicted molar refractivity (Wildman–Crippen MR) is 143 cm³/mol. The van der Waals surface area contributed by atoms with Crippen molar-refractivity contribution in [1.82, 2.24) is 9.88 Å². The van der Waals surface area contributed by atoms with Gasteiger partial charge in [-0.15, -0.1) is 0 Å². The van der Waals surface area contributed by atoms with Crippen LogP contribution in [-0.2, 0) is 6.42 Å². The molecule has 1 fully saturated rings. The molecule has 2 aliphatic heterocycles. The lowest BCUT2D eigenvalue weighted by atomic mass is 9.91. The van der Waals surface area contributed by atoms with Gasteiger partial charge in [-0.1, -0.05) is 25.1 Å². The first-order valence-electron chi connectivity index (χ1n) is 12.5. The molecule has 36 heavy (non-hydrogen) atoms. The van der Waals surface area contributed by atoms with Crippen molar-refractivity contribution in [3.8, 4) is 6.07 Å². The number of halogens is 1. The Morgan fingerprint density at radius 3 is 2.75 bits per heavy atom. The summed E-state index contributed by atoms with van der Waals surface area (Å²) in [6.07, 6.45) is 3.87. The van der Waals surface area contributed by atoms with E-state index in [1.54, 1.807) is 0 Å². The van der Waals surface area contributed by atoms with Crippen molar-refractivity contribution in [3.05, 3.63) is 82.9 Å². The maximum Gasteiger partial charge on any atom is 0.148 e. The van der Waals surface area contributed by atoms with Crippen molar-refractivity contribution in [2.24, 2.45) is 9.98 Å². The van der Waals surface area contributed by atoms with Gasteiger partial charge >= 0.3 is 0 Å². The molecule has 0 aliphatic carbocycles. The molecule has 0 saturated carbocycles. The van der Waals surface area contributed by atoms with Crippen molar-refractivity contribution >= 4 is 22.9 Å². The lowest BCUT2D eigenvalue weighted by Gasteiger charge is -2.34. The smallest absolute Gasteiger partial charge is 0.148 e. The minimum Gasteiger partial charge on any atom is -0.367 e. The van der Waals surface area contributed by atoms with Gasteiger partial charge in [0.05, 0.1) is 29.6 Å². The molecule has 0 radical (unpaired) electrons. The Balaban J connectivity index is 1.52. The van der Waals surface area contributed by atoms with Gasteiger partial charge in [0, 0.05) is 61.7 Å². The van der Waals surface area contributed by atoms with Crippen LogP contribution in [0.2, 0.25) is 0 Å². The van der Waals surface area contributed by atoms with Crippen molar-refractivity contribution in [2.45, 2.75) is 32.1 Å². The number of aromatic nitrogens is 1. The number of aromatic amines is 1. The fourth-order valence-electron chi connectivity index (χ4n) is 4.97. The second-order valence-electron chi connectivity index (χ2n) is 9.69. The van der Waals surface area contributed by atoms with E-state index in [1.807, 2.05) is 42.6 Å². The Labute approximate surface area is 211 Å². The second kappa shape index (κ2) is 10.5. The number of likely N-dealkylation sites (N-methyl/N-ethyl adjacent to an activating group) is 1. The predicted octanol–water partition coefficient (Wildman–Crippen LogP) is 5.44. The van der Waals surface area contributed by atoms with E-state index in [1.165, 1.54) is 6.07 Å². The van der Waals surface area contributed by atoms with Gasteiger partial charge in [-0.2, -0.15) is 5.26 Å². The van der Waals surface area contributed by atoms with Crippen molar-refractivity contribution in [2.75, 3.05) is 38.1 Å². The number of benzene rings is 2. The molecule has 7 heteroatoms. The zero-order valence-corrected chi connectivity index (χ0v) is 20.8. The van der Waals surface area contributed by atoms with Crippen molar-refractivity contribution in [3.63, 3.8) is 0 Å². The van der Waals surface area contributed by atoms with E-state index in [4.69, 9.17) is 15.2 Å². The number of amidine groups is 1. The van der Waals surface area contributed by atoms with Crippen LogP contribution in [0.25, 0.3) is 0 Å². The Morgan fingerprint density at radius 2 is 1.97 bits per heavy atom. The molecular weight excluding hydrogens is 451 g/mol. The highest BCUT2D eigenvalue weighted by Crippen LogP contribution is 2.30. The zero-order chi connectivity index (χ0) is 25.1. The Hall–Kier alpha value is -3.76. The lowest BCUT2D eigenvalue weighted by molar-refractivity contribution is 0.311. The van der Waals surface area contributed by atoms with Gasteiger partial charge in [0.25, 0.3) is 0 Å². The van der Waals surface area contributed by atoms with Gasteiger partial charge in [-0.25, -0.2) is 14.4 Å². The van der Waals surface area contributed by atoms with Crippen LogP contribution in [0.4, 0.5) is 15.8 Å². The number of fused-ring (bicyclic) bond motifs is 1. The van der Waals surface area contributed by atoms with Crippen LogP contribution >= 0.6 is 0 Å². The first-order valence-corrected chi connectivity index (χ1v) is 12.5. The molecule has 3 aromatic rings. The highest BCUT2D eigenvalue weighted by atomic mass is 19.1. The summed E-state index contributed by atoms with van der Waals surface area (Å²) >= 11 is 0. The van der Waals surface area contributed by atoms with Crippen LogP contribution in [0.3, 0.4) is 0 Å². The third kappa shape index (κ3) is 5.09. The molecule has 2 aromatic carbocycles. The minimum atomic E-state index is -0.248. The number of anilines is 1. The lowest BCUT2D eigenvalue weighted by Crippen LogP contribution is -2.44. The van der Waals surface area contributed by atoms with Gasteiger partial charge in [0.15, 0.2) is 0 Å². The van der Waals surface area contributed by atoms with Crippen LogP contribution < -0.4 is 4.90 Å². The summed E-state index contributed by atoms with van der Waals surface area (Å²) in [5.74, 6) is 0.729. The number of hydrogen-bond acceptors (Lipinski definition) is 4. The largest absolute Gasteiger partial charge is 0.367 e. The van der Waals surface area contributed by atoms with Crippen LogP contribution in [0.1, 0.15) is 48.1 Å². The van der Waals surface area contributed by atoms with Crippen LogP contribution in [0.5, 0.6) is 0 Å². The third-order valence-corrected chi connectivity index (χ3v) is 7.09. The maximum atomic E-state index is 15.1. The molecule has 2 aliphatic rings. The number of nitriles is 1. The molecule has 184 valence electrons. The molecule has 1 N–H and O–H groups in total. The van der Waals surface area contributed by atoms with E-state index in [9.17, 15) is 0 Å². The monoisotopic (exact) mass is 482 g/mol. The maximum absolute atomic E-state index is 15.1. The first kappa shape index (κ1) is 24.0. The molecule has 1 saturated heterocycles. The molecule has 1 aromatic heterocycles. The van der Waals surface area contributed by atoms with E-state index in [0.717, 1.165) is 60.7 Å². The second-order valence-corrected chi connectivity index (χ2v) is 9.69. The Kier molecular flexibility index (Phi) is 6.97. The van der Waals surface area contributed by atoms with E-state index < -0.39 is 0 Å². The fourth-order valence-corrected chi connectivity index (χ4v) is 4.97. The summed E-state index contributed by atoms with van der Waals surface area (Å²) in [4.78, 5) is 17.6. The molecule has 0 spiro atoms. The summed E-state index contributed by atoms with van der Waals surface area (Å²) < 4.78 is 15.1. The number of piperazine rings is 1. The molecule has 0 amide bonds. The fraction of sp³-hybridized carbons (Fsp3) is 0.345. The Morgan fingerprint density at radius 1 is 1.14 bits per heavy atom. The molecule has 0 bridgehead atoms. The molecule has 1 atom stereocenters. The van der Waals surface area contributed by atoms with Gasteiger partial charge in [0.1, 0.15) is 11.7 Å². The first-order chi connectivity index (χ1) is 17.5. The van der Waals surface area contributed by atoms with Crippen molar-refractivity contribution < 1.29 is 4.39 Å². The average Bonchev–Trinajstić information content (AvgIpc) is 3.35. The SMILES string of the molecule is CC1CCC(=Nc2ccc(N3CCN(C)CC3)c(F)c2)N=C(c2cccc(CC#N)c2)c2cc[nH]c21.